The highest BCUT2D eigenvalue weighted by atomic mass is 32.1. The summed E-state index contributed by atoms with van der Waals surface area (Å²) in [5.41, 5.74) is 5.95. The van der Waals surface area contributed by atoms with Crippen LogP contribution >= 0.6 is 11.3 Å². The highest BCUT2D eigenvalue weighted by Crippen LogP contribution is 2.29. The van der Waals surface area contributed by atoms with Crippen LogP contribution in [0.3, 0.4) is 0 Å². The number of thiazole rings is 1. The molecule has 2 unspecified atom stereocenters. The first-order chi connectivity index (χ1) is 9.85. The molecule has 0 bridgehead atoms. The summed E-state index contributed by atoms with van der Waals surface area (Å²) < 4.78 is 0. The Hall–Kier alpha value is -1.34. The third-order valence-electron chi connectivity index (χ3n) is 4.28. The number of carbonyl (C=O) groups is 1. The lowest BCUT2D eigenvalue weighted by Gasteiger charge is -2.42. The monoisotopic (exact) mass is 311 g/mol. The first-order valence-electron chi connectivity index (χ1n) is 7.33. The third kappa shape index (κ3) is 3.13. The molecule has 0 spiro atoms. The molecule has 2 heterocycles. The molecule has 0 aromatic carbocycles. The summed E-state index contributed by atoms with van der Waals surface area (Å²) in [4.78, 5) is 23.8. The van der Waals surface area contributed by atoms with Crippen molar-refractivity contribution in [3.63, 3.8) is 0 Å². The Morgan fingerprint density at radius 2 is 2.00 bits per heavy atom. The number of anilines is 2. The number of amides is 1. The van der Waals surface area contributed by atoms with Gasteiger partial charge in [0.2, 0.25) is 0 Å². The second-order valence-corrected chi connectivity index (χ2v) is 6.78. The summed E-state index contributed by atoms with van der Waals surface area (Å²) in [7, 11) is 4.05. The summed E-state index contributed by atoms with van der Waals surface area (Å²) in [5.74, 6) is 0.354. The normalized spacial score (nSPS) is 23.4. The molecule has 118 valence electrons. The zero-order valence-corrected chi connectivity index (χ0v) is 14.3. The number of nitrogen functional groups attached to an aromatic ring is 1. The van der Waals surface area contributed by atoms with E-state index < -0.39 is 0 Å². The number of hydrogen-bond acceptors (Lipinski definition) is 6. The van der Waals surface area contributed by atoms with Gasteiger partial charge in [0.1, 0.15) is 10.7 Å². The zero-order chi connectivity index (χ0) is 15.7. The van der Waals surface area contributed by atoms with E-state index in [1.807, 2.05) is 23.8 Å². The maximum Gasteiger partial charge on any atom is 0.267 e. The first-order valence-corrected chi connectivity index (χ1v) is 8.15. The molecule has 0 aliphatic carbocycles. The van der Waals surface area contributed by atoms with Gasteiger partial charge in [0, 0.05) is 38.8 Å². The van der Waals surface area contributed by atoms with Crippen molar-refractivity contribution in [3.05, 3.63) is 4.88 Å². The zero-order valence-electron chi connectivity index (χ0n) is 13.5. The first kappa shape index (κ1) is 16.0. The van der Waals surface area contributed by atoms with Crippen LogP contribution < -0.4 is 10.6 Å². The van der Waals surface area contributed by atoms with Crippen LogP contribution in [0.15, 0.2) is 0 Å². The average Bonchev–Trinajstić information content (AvgIpc) is 2.84. The lowest BCUT2D eigenvalue weighted by Crippen LogP contribution is -2.56. The molecule has 0 radical (unpaired) electrons. The fourth-order valence-corrected chi connectivity index (χ4v) is 3.46. The number of nitrogens with zero attached hydrogens (tertiary/aromatic N) is 4. The highest BCUT2D eigenvalue weighted by molar-refractivity contribution is 7.18. The van der Waals surface area contributed by atoms with Gasteiger partial charge in [0.05, 0.1) is 0 Å². The number of nitrogens with two attached hydrogens (primary N) is 1. The number of carbonyl (C=O) groups excluding carboxylic acids is 1. The van der Waals surface area contributed by atoms with Crippen molar-refractivity contribution in [1.82, 2.24) is 14.8 Å². The number of likely N-dealkylation sites (N-methyl/N-ethyl adjacent to an activating group) is 1. The molecular formula is C14H25N5OS. The fraction of sp³-hybridized carbons (Fsp3) is 0.714. The molecule has 0 saturated carbocycles. The second kappa shape index (κ2) is 6.19. The lowest BCUT2D eigenvalue weighted by atomic mass is 10.1. The molecule has 7 heteroatoms. The molecule has 1 aliphatic rings. The van der Waals surface area contributed by atoms with Gasteiger partial charge >= 0.3 is 0 Å². The third-order valence-corrected chi connectivity index (χ3v) is 5.46. The molecule has 1 fully saturated rings. The van der Waals surface area contributed by atoms with Crippen molar-refractivity contribution in [2.24, 2.45) is 0 Å². The van der Waals surface area contributed by atoms with E-state index in [0.29, 0.717) is 22.8 Å². The van der Waals surface area contributed by atoms with Crippen LogP contribution in [0.2, 0.25) is 0 Å². The Morgan fingerprint density at radius 1 is 1.43 bits per heavy atom. The summed E-state index contributed by atoms with van der Waals surface area (Å²) >= 11 is 1.38. The Labute approximate surface area is 130 Å². The summed E-state index contributed by atoms with van der Waals surface area (Å²) in [5, 5.41) is 0.800. The predicted molar refractivity (Wildman–Crippen MR) is 88.1 cm³/mol. The Morgan fingerprint density at radius 3 is 2.52 bits per heavy atom. The van der Waals surface area contributed by atoms with Gasteiger partial charge in [-0.05, 0) is 27.8 Å². The highest BCUT2D eigenvalue weighted by Gasteiger charge is 2.31. The molecule has 1 aromatic rings. The Balaban J connectivity index is 2.18. The van der Waals surface area contributed by atoms with Gasteiger partial charge < -0.3 is 15.5 Å². The van der Waals surface area contributed by atoms with E-state index in [0.717, 1.165) is 24.8 Å². The van der Waals surface area contributed by atoms with Crippen molar-refractivity contribution in [3.8, 4) is 0 Å². The van der Waals surface area contributed by atoms with Crippen LogP contribution in [0, 0.1) is 0 Å². The topological polar surface area (TPSA) is 65.7 Å². The smallest absolute Gasteiger partial charge is 0.267 e. The van der Waals surface area contributed by atoms with Crippen LogP contribution in [0.25, 0.3) is 0 Å². The minimum atomic E-state index is 0.00699. The van der Waals surface area contributed by atoms with Gasteiger partial charge in [0.25, 0.3) is 5.91 Å². The van der Waals surface area contributed by atoms with E-state index in [-0.39, 0.29) is 5.91 Å². The van der Waals surface area contributed by atoms with Crippen LogP contribution in [-0.2, 0) is 0 Å². The Bertz CT molecular complexity index is 505. The van der Waals surface area contributed by atoms with E-state index >= 15 is 0 Å². The molecule has 1 saturated heterocycles. The van der Waals surface area contributed by atoms with E-state index in [2.05, 4.69) is 30.8 Å². The predicted octanol–water partition coefficient (Wildman–Crippen LogP) is 1.35. The lowest BCUT2D eigenvalue weighted by molar-refractivity contribution is 0.0419. The summed E-state index contributed by atoms with van der Waals surface area (Å²) in [6.07, 6.45) is 0. The van der Waals surface area contributed by atoms with Gasteiger partial charge in [-0.2, -0.15) is 0 Å². The van der Waals surface area contributed by atoms with E-state index in [1.54, 1.807) is 0 Å². The molecule has 1 amide bonds. The van der Waals surface area contributed by atoms with Gasteiger partial charge in [0.15, 0.2) is 5.13 Å². The summed E-state index contributed by atoms with van der Waals surface area (Å²) in [6, 6.07) is 0.703. The molecule has 2 N–H and O–H groups in total. The van der Waals surface area contributed by atoms with Crippen LogP contribution in [0.1, 0.15) is 30.4 Å². The van der Waals surface area contributed by atoms with Crippen molar-refractivity contribution in [2.45, 2.75) is 32.9 Å². The van der Waals surface area contributed by atoms with E-state index in [4.69, 9.17) is 5.73 Å². The molecule has 1 aliphatic heterocycles. The molecule has 21 heavy (non-hydrogen) atoms. The molecular weight excluding hydrogens is 286 g/mol. The molecule has 6 nitrogen and oxygen atoms in total. The Kier molecular flexibility index (Phi) is 4.73. The van der Waals surface area contributed by atoms with Crippen molar-refractivity contribution in [1.29, 1.82) is 0 Å². The van der Waals surface area contributed by atoms with Crippen molar-refractivity contribution < 1.29 is 4.79 Å². The minimum Gasteiger partial charge on any atom is -0.382 e. The summed E-state index contributed by atoms with van der Waals surface area (Å²) in [6.45, 7) is 8.63. The quantitative estimate of drug-likeness (QED) is 0.913. The van der Waals surface area contributed by atoms with Gasteiger partial charge in [-0.3, -0.25) is 9.69 Å². The minimum absolute atomic E-state index is 0.00699. The maximum absolute atomic E-state index is 12.7. The van der Waals surface area contributed by atoms with Gasteiger partial charge in [-0.1, -0.05) is 11.3 Å². The second-order valence-electron chi connectivity index (χ2n) is 5.80. The maximum atomic E-state index is 12.7. The number of aromatic nitrogens is 1. The van der Waals surface area contributed by atoms with Crippen molar-refractivity contribution in [2.75, 3.05) is 44.4 Å². The number of piperazine rings is 1. The molecule has 2 rings (SSSR count). The number of rotatable bonds is 3. The fourth-order valence-electron chi connectivity index (χ4n) is 2.49. The van der Waals surface area contributed by atoms with Crippen LogP contribution in [0.5, 0.6) is 0 Å². The van der Waals surface area contributed by atoms with Crippen LogP contribution in [0.4, 0.5) is 10.9 Å². The molecule has 1 aromatic heterocycles. The van der Waals surface area contributed by atoms with Crippen molar-refractivity contribution >= 4 is 28.2 Å². The van der Waals surface area contributed by atoms with E-state index in [9.17, 15) is 4.79 Å². The van der Waals surface area contributed by atoms with E-state index in [1.165, 1.54) is 11.3 Å². The van der Waals surface area contributed by atoms with Crippen LogP contribution in [-0.4, -0.2) is 66.5 Å². The average molecular weight is 311 g/mol. The van der Waals surface area contributed by atoms with Gasteiger partial charge in [-0.15, -0.1) is 0 Å². The SMILES string of the molecule is CCN(C)c1nc(N)c(C(=O)N2CC(C)N(C)C(C)C2)s1. The number of hydrogen-bond donors (Lipinski definition) is 1. The largest absolute Gasteiger partial charge is 0.382 e. The molecule has 2 atom stereocenters. The standard InChI is InChI=1S/C14H25N5OS/c1-6-17(4)14-16-12(15)11(21-14)13(20)19-7-9(2)18(5)10(3)8-19/h9-10H,6-8,15H2,1-5H3. The van der Waals surface area contributed by atoms with Gasteiger partial charge in [-0.25, -0.2) is 4.98 Å².